The van der Waals surface area contributed by atoms with Crippen LogP contribution >= 0.6 is 22.6 Å². The van der Waals surface area contributed by atoms with Crippen LogP contribution in [0.3, 0.4) is 0 Å². The number of hydrogen-bond donors (Lipinski definition) is 1. The summed E-state index contributed by atoms with van der Waals surface area (Å²) >= 11 is 2.00. The van der Waals surface area contributed by atoms with E-state index in [1.165, 1.54) is 4.57 Å². The van der Waals surface area contributed by atoms with E-state index in [0.717, 1.165) is 0 Å². The first-order valence-electron chi connectivity index (χ1n) is 11.6. The fourth-order valence-electron chi connectivity index (χ4n) is 3.62. The third kappa shape index (κ3) is 5.79. The fourth-order valence-corrected chi connectivity index (χ4v) is 6.00. The van der Waals surface area contributed by atoms with Crippen LogP contribution in [-0.2, 0) is 18.6 Å². The Labute approximate surface area is 217 Å². The van der Waals surface area contributed by atoms with Gasteiger partial charge in [0.15, 0.2) is 20.3 Å². The molecule has 1 N–H and O–H groups in total. The molecule has 3 rings (SSSR count). The zero-order valence-electron chi connectivity index (χ0n) is 21.8. The molecular formula is C23H37IN2O6Si2. The summed E-state index contributed by atoms with van der Waals surface area (Å²) < 4.78 is 27.0. The van der Waals surface area contributed by atoms with Crippen molar-refractivity contribution in [2.24, 2.45) is 0 Å². The van der Waals surface area contributed by atoms with Gasteiger partial charge in [0.2, 0.25) is 0 Å². The number of hydrogen-bond acceptors (Lipinski definition) is 6. The zero-order chi connectivity index (χ0) is 25.9. The molecule has 2 aliphatic rings. The average molecular weight is 621 g/mol. The van der Waals surface area contributed by atoms with E-state index in [-0.39, 0.29) is 10.6 Å². The first-order valence-corrected chi connectivity index (χ1v) is 19.0. The molecule has 0 bridgehead atoms. The van der Waals surface area contributed by atoms with Crippen LogP contribution in [0.2, 0.25) is 37.8 Å². The highest BCUT2D eigenvalue weighted by Gasteiger charge is 2.57. The molecule has 0 spiro atoms. The third-order valence-electron chi connectivity index (χ3n) is 6.44. The van der Waals surface area contributed by atoms with Gasteiger partial charge in [0.1, 0.15) is 35.6 Å². The summed E-state index contributed by atoms with van der Waals surface area (Å²) in [5.41, 5.74) is 2.43. The molecule has 4 atom stereocenters. The van der Waals surface area contributed by atoms with E-state index in [4.69, 9.17) is 18.6 Å². The number of H-pyrrole nitrogens is 1. The van der Waals surface area contributed by atoms with Gasteiger partial charge in [0.05, 0.1) is 6.61 Å². The predicted molar refractivity (Wildman–Crippen MR) is 145 cm³/mol. The van der Waals surface area contributed by atoms with Gasteiger partial charge in [-0.05, 0) is 54.6 Å². The highest BCUT2D eigenvalue weighted by Crippen LogP contribution is 2.44. The van der Waals surface area contributed by atoms with Crippen LogP contribution in [0.15, 0.2) is 9.59 Å². The summed E-state index contributed by atoms with van der Waals surface area (Å²) in [6.07, 6.45) is -2.13. The van der Waals surface area contributed by atoms with E-state index in [0.29, 0.717) is 10.3 Å². The molecule has 2 saturated heterocycles. The quantitative estimate of drug-likeness (QED) is 0.238. The van der Waals surface area contributed by atoms with Crippen LogP contribution in [0.4, 0.5) is 0 Å². The maximum Gasteiger partial charge on any atom is 0.331 e. The monoisotopic (exact) mass is 620 g/mol. The average Bonchev–Trinajstić information content (AvgIpc) is 3.11. The summed E-state index contributed by atoms with van der Waals surface area (Å²) in [5, 5.41) is 0.0475. The number of rotatable bonds is 4. The molecule has 34 heavy (non-hydrogen) atoms. The van der Waals surface area contributed by atoms with Crippen molar-refractivity contribution in [1.82, 2.24) is 9.55 Å². The minimum Gasteiger partial charge on any atom is -0.414 e. The normalized spacial score (nSPS) is 26.8. The molecule has 0 radical (unpaired) electrons. The van der Waals surface area contributed by atoms with Crippen molar-refractivity contribution in [1.29, 1.82) is 0 Å². The van der Waals surface area contributed by atoms with Gasteiger partial charge in [-0.2, -0.15) is 0 Å². The Bertz CT molecular complexity index is 1120. The number of nitrogens with zero attached hydrogens (tertiary/aromatic N) is 1. The molecule has 8 nitrogen and oxygen atoms in total. The van der Waals surface area contributed by atoms with Crippen molar-refractivity contribution in [3.8, 4) is 11.5 Å². The topological polar surface area (TPSA) is 91.8 Å². The highest BCUT2D eigenvalue weighted by atomic mass is 127. The second kappa shape index (κ2) is 9.28. The van der Waals surface area contributed by atoms with Crippen LogP contribution in [0.1, 0.15) is 46.4 Å². The zero-order valence-corrected chi connectivity index (χ0v) is 25.9. The molecule has 2 aliphatic heterocycles. The minimum absolute atomic E-state index is 0.0475. The molecule has 1 aromatic heterocycles. The second-order valence-electron chi connectivity index (χ2n) is 12.0. The Morgan fingerprint density at radius 3 is 2.26 bits per heavy atom. The van der Waals surface area contributed by atoms with Gasteiger partial charge in [0, 0.05) is 0 Å². The molecule has 0 saturated carbocycles. The molecular weight excluding hydrogens is 583 g/mol. The number of halogens is 1. The van der Waals surface area contributed by atoms with Gasteiger partial charge < -0.3 is 18.6 Å². The highest BCUT2D eigenvalue weighted by molar-refractivity contribution is 14.1. The lowest BCUT2D eigenvalue weighted by Gasteiger charge is -2.37. The molecule has 0 amide bonds. The Balaban J connectivity index is 2.00. The second-order valence-corrected chi connectivity index (χ2v) is 22.6. The first-order chi connectivity index (χ1) is 15.3. The van der Waals surface area contributed by atoms with Gasteiger partial charge in [-0.1, -0.05) is 46.3 Å². The van der Waals surface area contributed by atoms with Gasteiger partial charge in [-0.15, -0.1) is 5.54 Å². The van der Waals surface area contributed by atoms with Gasteiger partial charge in [0.25, 0.3) is 5.56 Å². The van der Waals surface area contributed by atoms with E-state index < -0.39 is 58.0 Å². The summed E-state index contributed by atoms with van der Waals surface area (Å²) in [7, 11) is -3.77. The number of aromatic nitrogens is 2. The Morgan fingerprint density at radius 1 is 1.12 bits per heavy atom. The van der Waals surface area contributed by atoms with Crippen molar-refractivity contribution in [2.75, 3.05) is 6.61 Å². The van der Waals surface area contributed by atoms with E-state index in [1.54, 1.807) is 0 Å². The number of fused-ring (bicyclic) bond motifs is 1. The smallest absolute Gasteiger partial charge is 0.331 e. The van der Waals surface area contributed by atoms with E-state index in [9.17, 15) is 9.59 Å². The molecule has 11 heteroatoms. The number of aromatic amines is 1. The molecule has 2 fully saturated rings. The van der Waals surface area contributed by atoms with Crippen molar-refractivity contribution < 1.29 is 18.6 Å². The largest absolute Gasteiger partial charge is 0.414 e. The molecule has 4 unspecified atom stereocenters. The SMILES string of the molecule is CC1(C)OC2C(CO[Si](C)(C)C(C)(C)C)OC(n3c(I)c(C#C[Si](C)(C)C)c(=O)[nH]c3=O)C2O1. The molecule has 3 heterocycles. The summed E-state index contributed by atoms with van der Waals surface area (Å²) in [5.74, 6) is 2.19. The summed E-state index contributed by atoms with van der Waals surface area (Å²) in [4.78, 5) is 28.0. The van der Waals surface area contributed by atoms with Crippen molar-refractivity contribution in [2.45, 2.75) is 103 Å². The molecule has 0 aromatic carbocycles. The van der Waals surface area contributed by atoms with Gasteiger partial charge in [-0.25, -0.2) is 4.79 Å². The van der Waals surface area contributed by atoms with Crippen molar-refractivity contribution in [3.05, 3.63) is 30.1 Å². The maximum absolute atomic E-state index is 13.0. The Morgan fingerprint density at radius 2 is 1.71 bits per heavy atom. The fraction of sp³-hybridized carbons (Fsp3) is 0.739. The Hall–Kier alpha value is -0.756. The van der Waals surface area contributed by atoms with Crippen molar-refractivity contribution in [3.63, 3.8) is 0 Å². The standard InChI is InChI=1S/C23H37IN2O6Si2/c1-22(2,3)34(9,10)29-13-15-16-17(32-23(4,5)31-16)20(30-15)26-18(24)14(11-12-33(6,7)8)19(27)25-21(26)28/h15-17,20H,13H2,1-10H3,(H,25,27,28). The van der Waals surface area contributed by atoms with Crippen LogP contribution in [-0.4, -0.2) is 56.6 Å². The van der Waals surface area contributed by atoms with Crippen LogP contribution in [0.5, 0.6) is 0 Å². The lowest BCUT2D eigenvalue weighted by atomic mass is 10.1. The Kier molecular flexibility index (Phi) is 7.59. The number of ether oxygens (including phenoxy) is 3. The minimum atomic E-state index is -2.03. The van der Waals surface area contributed by atoms with E-state index in [1.807, 2.05) is 36.4 Å². The molecule has 1 aromatic rings. The maximum atomic E-state index is 13.0. The van der Waals surface area contributed by atoms with Crippen molar-refractivity contribution >= 4 is 39.0 Å². The predicted octanol–water partition coefficient (Wildman–Crippen LogP) is 3.81. The molecule has 0 aliphatic carbocycles. The summed E-state index contributed by atoms with van der Waals surface area (Å²) in [6, 6.07) is 0. The molecule has 190 valence electrons. The first kappa shape index (κ1) is 27.8. The van der Waals surface area contributed by atoms with E-state index in [2.05, 4.69) is 70.0 Å². The lowest BCUT2D eigenvalue weighted by molar-refractivity contribution is -0.200. The number of nitrogens with one attached hydrogen (secondary N) is 1. The third-order valence-corrected chi connectivity index (χ3v) is 12.9. The van der Waals surface area contributed by atoms with Gasteiger partial charge in [-0.3, -0.25) is 14.3 Å². The van der Waals surface area contributed by atoms with Crippen LogP contribution in [0.25, 0.3) is 0 Å². The van der Waals surface area contributed by atoms with E-state index >= 15 is 0 Å². The summed E-state index contributed by atoms with van der Waals surface area (Å²) in [6.45, 7) is 21.3. The lowest BCUT2D eigenvalue weighted by Crippen LogP contribution is -2.44. The van der Waals surface area contributed by atoms with Gasteiger partial charge >= 0.3 is 5.69 Å². The van der Waals surface area contributed by atoms with Crippen LogP contribution < -0.4 is 11.2 Å². The van der Waals surface area contributed by atoms with Crippen LogP contribution in [0, 0.1) is 15.2 Å².